The Morgan fingerprint density at radius 3 is 2.38 bits per heavy atom. The molecule has 0 bridgehead atoms. The molecule has 0 saturated carbocycles. The molecule has 0 saturated heterocycles. The summed E-state index contributed by atoms with van der Waals surface area (Å²) in [5, 5.41) is 10.9. The molecule has 6 nitrogen and oxygen atoms in total. The lowest BCUT2D eigenvalue weighted by atomic mass is 10.1. The number of nitro groups is 1. The van der Waals surface area contributed by atoms with E-state index in [1.807, 2.05) is 0 Å². The average Bonchev–Trinajstić information content (AvgIpc) is 2.73. The fourth-order valence-corrected chi connectivity index (χ4v) is 2.76. The van der Waals surface area contributed by atoms with Crippen LogP contribution in [-0.2, 0) is 0 Å². The van der Waals surface area contributed by atoms with Gasteiger partial charge in [-0.3, -0.25) is 14.9 Å². The molecule has 0 aliphatic carbocycles. The first-order valence-electron chi connectivity index (χ1n) is 8.48. The van der Waals surface area contributed by atoms with Crippen LogP contribution in [0.4, 0.5) is 5.69 Å². The fraction of sp³-hybridized carbons (Fsp3) is 0. The predicted molar refractivity (Wildman–Crippen MR) is 112 cm³/mol. The number of nitrogens with zero attached hydrogens (tertiary/aromatic N) is 1. The Hall–Kier alpha value is -3.58. The number of rotatable bonds is 6. The Bertz CT molecular complexity index is 1110. The first kappa shape index (κ1) is 20.2. The normalized spacial score (nSPS) is 10.7. The molecular weight excluding hydrogens is 438 g/mol. The van der Waals surface area contributed by atoms with E-state index in [0.29, 0.717) is 11.1 Å². The van der Waals surface area contributed by atoms with Crippen molar-refractivity contribution in [2.45, 2.75) is 0 Å². The number of ketones is 1. The minimum absolute atomic E-state index is 0.0592. The molecule has 29 heavy (non-hydrogen) atoms. The van der Waals surface area contributed by atoms with E-state index in [1.165, 1.54) is 24.3 Å². The van der Waals surface area contributed by atoms with Crippen molar-refractivity contribution in [2.75, 3.05) is 0 Å². The molecule has 3 aromatic carbocycles. The SMILES string of the molecule is O=C(C=Cc1ccccc1OC(=O)c1cccc([N+](=O)[O-])c1)c1ccc(Br)cc1. The van der Waals surface area contributed by atoms with Crippen LogP contribution in [0.2, 0.25) is 0 Å². The lowest BCUT2D eigenvalue weighted by molar-refractivity contribution is -0.384. The Labute approximate surface area is 174 Å². The largest absolute Gasteiger partial charge is 0.422 e. The maximum atomic E-state index is 12.4. The monoisotopic (exact) mass is 451 g/mol. The number of halogens is 1. The number of allylic oxidation sites excluding steroid dienone is 1. The van der Waals surface area contributed by atoms with E-state index in [4.69, 9.17) is 4.74 Å². The third kappa shape index (κ3) is 5.24. The van der Waals surface area contributed by atoms with E-state index < -0.39 is 10.9 Å². The van der Waals surface area contributed by atoms with Gasteiger partial charge >= 0.3 is 5.97 Å². The Kier molecular flexibility index (Phi) is 6.31. The number of esters is 1. The third-order valence-electron chi connectivity index (χ3n) is 3.96. The van der Waals surface area contributed by atoms with E-state index in [9.17, 15) is 19.7 Å². The number of carbonyl (C=O) groups excluding carboxylic acids is 2. The average molecular weight is 452 g/mol. The summed E-state index contributed by atoms with van der Waals surface area (Å²) >= 11 is 3.32. The van der Waals surface area contributed by atoms with Gasteiger partial charge in [-0.15, -0.1) is 0 Å². The highest BCUT2D eigenvalue weighted by molar-refractivity contribution is 9.10. The Morgan fingerprint density at radius 1 is 0.931 bits per heavy atom. The van der Waals surface area contributed by atoms with Gasteiger partial charge in [-0.05, 0) is 48.6 Å². The summed E-state index contributed by atoms with van der Waals surface area (Å²) in [6.07, 6.45) is 2.95. The van der Waals surface area contributed by atoms with Crippen LogP contribution in [0, 0.1) is 10.1 Å². The molecule has 0 heterocycles. The van der Waals surface area contributed by atoms with Gasteiger partial charge in [-0.2, -0.15) is 0 Å². The van der Waals surface area contributed by atoms with E-state index >= 15 is 0 Å². The number of para-hydroxylation sites is 1. The molecule has 0 fully saturated rings. The number of carbonyl (C=O) groups is 2. The summed E-state index contributed by atoms with van der Waals surface area (Å²) < 4.78 is 6.26. The summed E-state index contributed by atoms with van der Waals surface area (Å²) in [7, 11) is 0. The number of hydrogen-bond acceptors (Lipinski definition) is 5. The molecule has 3 aromatic rings. The predicted octanol–water partition coefficient (Wildman–Crippen LogP) is 5.47. The number of hydrogen-bond donors (Lipinski definition) is 0. The highest BCUT2D eigenvalue weighted by atomic mass is 79.9. The number of benzene rings is 3. The van der Waals surface area contributed by atoms with E-state index in [1.54, 1.807) is 54.6 Å². The van der Waals surface area contributed by atoms with Gasteiger partial charge in [0.1, 0.15) is 5.75 Å². The summed E-state index contributed by atoms with van der Waals surface area (Å²) in [6, 6.07) is 18.9. The van der Waals surface area contributed by atoms with Crippen LogP contribution in [0.5, 0.6) is 5.75 Å². The van der Waals surface area contributed by atoms with Crippen LogP contribution in [0.25, 0.3) is 6.08 Å². The molecule has 144 valence electrons. The molecule has 0 atom stereocenters. The summed E-state index contributed by atoms with van der Waals surface area (Å²) in [4.78, 5) is 35.0. The van der Waals surface area contributed by atoms with E-state index in [2.05, 4.69) is 15.9 Å². The molecule has 0 spiro atoms. The van der Waals surface area contributed by atoms with Gasteiger partial charge in [0.05, 0.1) is 10.5 Å². The highest BCUT2D eigenvalue weighted by Crippen LogP contribution is 2.22. The second kappa shape index (κ2) is 9.07. The van der Waals surface area contributed by atoms with Crippen LogP contribution in [0.15, 0.2) is 83.3 Å². The number of non-ortho nitro benzene ring substituents is 1. The topological polar surface area (TPSA) is 86.5 Å². The quantitative estimate of drug-likeness (QED) is 0.124. The Morgan fingerprint density at radius 2 is 1.66 bits per heavy atom. The minimum Gasteiger partial charge on any atom is -0.422 e. The molecule has 0 aliphatic rings. The summed E-state index contributed by atoms with van der Waals surface area (Å²) in [5.41, 5.74) is 0.906. The zero-order valence-electron chi connectivity index (χ0n) is 14.9. The molecule has 7 heteroatoms. The molecule has 0 aromatic heterocycles. The molecule has 0 amide bonds. The van der Waals surface area contributed by atoms with Gasteiger partial charge in [0.25, 0.3) is 5.69 Å². The van der Waals surface area contributed by atoms with Crippen molar-refractivity contribution >= 4 is 39.4 Å². The van der Waals surface area contributed by atoms with Crippen molar-refractivity contribution in [3.63, 3.8) is 0 Å². The zero-order chi connectivity index (χ0) is 20.8. The molecule has 0 aliphatic heterocycles. The molecule has 0 radical (unpaired) electrons. The molecular formula is C22H14BrNO5. The second-order valence-corrected chi connectivity index (χ2v) is 6.85. The minimum atomic E-state index is -0.728. The van der Waals surface area contributed by atoms with Crippen LogP contribution in [0.3, 0.4) is 0 Å². The van der Waals surface area contributed by atoms with Crippen LogP contribution in [-0.4, -0.2) is 16.7 Å². The van der Waals surface area contributed by atoms with Crippen molar-refractivity contribution in [1.82, 2.24) is 0 Å². The molecule has 0 N–H and O–H groups in total. The van der Waals surface area contributed by atoms with Crippen molar-refractivity contribution in [3.05, 3.63) is 110 Å². The first-order chi connectivity index (χ1) is 13.9. The van der Waals surface area contributed by atoms with Gasteiger partial charge in [0.15, 0.2) is 5.78 Å². The third-order valence-corrected chi connectivity index (χ3v) is 4.49. The van der Waals surface area contributed by atoms with E-state index in [-0.39, 0.29) is 22.8 Å². The highest BCUT2D eigenvalue weighted by Gasteiger charge is 2.14. The lowest BCUT2D eigenvalue weighted by Crippen LogP contribution is -2.09. The zero-order valence-corrected chi connectivity index (χ0v) is 16.5. The first-order valence-corrected chi connectivity index (χ1v) is 9.27. The maximum absolute atomic E-state index is 12.4. The standard InChI is InChI=1S/C22H14BrNO5/c23-18-11-8-15(9-12-18)20(25)13-10-16-4-1-2-7-21(16)29-22(26)17-5-3-6-19(14-17)24(27)28/h1-14H. The Balaban J connectivity index is 1.79. The van der Waals surface area contributed by atoms with Gasteiger partial charge in [0.2, 0.25) is 0 Å². The van der Waals surface area contributed by atoms with E-state index in [0.717, 1.165) is 10.5 Å². The lowest BCUT2D eigenvalue weighted by Gasteiger charge is -2.07. The van der Waals surface area contributed by atoms with Crippen molar-refractivity contribution in [3.8, 4) is 5.75 Å². The fourth-order valence-electron chi connectivity index (χ4n) is 2.49. The van der Waals surface area contributed by atoms with Gasteiger partial charge in [-0.1, -0.05) is 40.2 Å². The van der Waals surface area contributed by atoms with Crippen LogP contribution < -0.4 is 4.74 Å². The summed E-state index contributed by atoms with van der Waals surface area (Å²) in [6.45, 7) is 0. The van der Waals surface area contributed by atoms with Gasteiger partial charge in [-0.25, -0.2) is 4.79 Å². The van der Waals surface area contributed by atoms with Crippen molar-refractivity contribution in [2.24, 2.45) is 0 Å². The summed E-state index contributed by atoms with van der Waals surface area (Å²) in [5.74, 6) is -0.685. The number of ether oxygens (including phenoxy) is 1. The molecule has 0 unspecified atom stereocenters. The van der Waals surface area contributed by atoms with Crippen molar-refractivity contribution in [1.29, 1.82) is 0 Å². The smallest absolute Gasteiger partial charge is 0.343 e. The van der Waals surface area contributed by atoms with Gasteiger partial charge < -0.3 is 4.74 Å². The van der Waals surface area contributed by atoms with Crippen LogP contribution >= 0.6 is 15.9 Å². The number of nitro benzene ring substituents is 1. The van der Waals surface area contributed by atoms with Crippen molar-refractivity contribution < 1.29 is 19.2 Å². The van der Waals surface area contributed by atoms with Gasteiger partial charge in [0, 0.05) is 27.7 Å². The maximum Gasteiger partial charge on any atom is 0.343 e. The van der Waals surface area contributed by atoms with Crippen LogP contribution in [0.1, 0.15) is 26.3 Å². The second-order valence-electron chi connectivity index (χ2n) is 5.94. The molecule has 3 rings (SSSR count).